The van der Waals surface area contributed by atoms with E-state index in [9.17, 15) is 9.36 Å². The van der Waals surface area contributed by atoms with E-state index in [0.717, 1.165) is 0 Å². The Balaban J connectivity index is 4.35. The van der Waals surface area contributed by atoms with Crippen LogP contribution in [-0.2, 0) is 4.57 Å². The molecule has 0 fully saturated rings. The van der Waals surface area contributed by atoms with E-state index in [1.807, 2.05) is 5.09 Å². The van der Waals surface area contributed by atoms with Gasteiger partial charge < -0.3 is 0 Å². The summed E-state index contributed by atoms with van der Waals surface area (Å²) in [5.41, 5.74) is 10.0. The zero-order valence-electron chi connectivity index (χ0n) is 7.90. The molecule has 0 aliphatic heterocycles. The third kappa shape index (κ3) is 5.66. The van der Waals surface area contributed by atoms with Gasteiger partial charge in [-0.2, -0.15) is 0 Å². The van der Waals surface area contributed by atoms with Crippen LogP contribution in [-0.4, -0.2) is 19.1 Å². The normalized spacial score (nSPS) is 11.1. The van der Waals surface area contributed by atoms with Gasteiger partial charge in [0.05, 0.1) is 0 Å². The van der Waals surface area contributed by atoms with E-state index in [1.165, 1.54) is 0 Å². The number of hydrogen-bond acceptors (Lipinski definition) is 2. The summed E-state index contributed by atoms with van der Waals surface area (Å²) in [5, 5.41) is 2.03. The van der Waals surface area contributed by atoms with Gasteiger partial charge in [0, 0.05) is 0 Å². The number of nitrogens with two attached hydrogens (primary N) is 2. The van der Waals surface area contributed by atoms with E-state index in [1.54, 1.807) is 12.2 Å². The van der Waals surface area contributed by atoms with Crippen molar-refractivity contribution in [1.82, 2.24) is 5.09 Å². The number of nitrogens with one attached hydrogen (secondary N) is 2. The van der Waals surface area contributed by atoms with Crippen molar-refractivity contribution in [2.45, 2.75) is 0 Å². The molecule has 0 spiro atoms. The smallest absolute Gasteiger partial charge is 0.264 e. The van der Waals surface area contributed by atoms with Crippen LogP contribution in [0.4, 0.5) is 4.79 Å². The predicted molar refractivity (Wildman–Crippen MR) is 55.6 cm³/mol. The van der Waals surface area contributed by atoms with Crippen LogP contribution in [0.25, 0.3) is 0 Å². The molecule has 2 amide bonds. The third-order valence-electron chi connectivity index (χ3n) is 1.38. The molecule has 0 unspecified atom stereocenters. The number of carbonyl (C=O) groups excluding carboxylic acids is 1. The molecule has 0 saturated heterocycles. The molecule has 80 valence electrons. The lowest BCUT2D eigenvalue weighted by Gasteiger charge is -2.15. The van der Waals surface area contributed by atoms with Gasteiger partial charge in [-0.15, -0.1) is 0 Å². The van der Waals surface area contributed by atoms with Crippen molar-refractivity contribution in [3.63, 3.8) is 0 Å². The van der Waals surface area contributed by atoms with Crippen LogP contribution >= 0.6 is 7.59 Å². The number of quaternary nitrogens is 1. The Kier molecular flexibility index (Phi) is 5.34. The number of carbonyl (C=O) groups is 1. The lowest BCUT2D eigenvalue weighted by atomic mass is 10.5. The summed E-state index contributed by atoms with van der Waals surface area (Å²) in [6.07, 6.45) is 3.13. The van der Waals surface area contributed by atoms with Crippen molar-refractivity contribution in [3.05, 3.63) is 25.3 Å². The molecule has 0 rings (SSSR count). The Bertz CT molecular complexity index is 263. The topological polar surface area (TPSA) is 103 Å². The molecule has 0 aromatic carbocycles. The van der Waals surface area contributed by atoms with Crippen molar-refractivity contribution >= 4 is 13.6 Å². The highest BCUT2D eigenvalue weighted by atomic mass is 31.2. The minimum absolute atomic E-state index is 0.387. The summed E-state index contributed by atoms with van der Waals surface area (Å²) < 4.78 is 10.9. The standard InChI is InChI=1S/C7H15N4O2P/c1-3-5-11(6-4-2)7(12)10-14(8,9)13/h3-4H,1-2,5-6H2,(H5,8,9,10,12,13)/p+1. The molecular formula is C7H16N4O2P+. The molecule has 14 heavy (non-hydrogen) atoms. The van der Waals surface area contributed by atoms with Gasteiger partial charge in [0.15, 0.2) is 0 Å². The van der Waals surface area contributed by atoms with Gasteiger partial charge in [0.2, 0.25) is 0 Å². The highest BCUT2D eigenvalue weighted by Gasteiger charge is 2.22. The maximum absolute atomic E-state index is 11.4. The molecule has 0 aliphatic carbocycles. The van der Waals surface area contributed by atoms with E-state index < -0.39 is 13.6 Å². The fourth-order valence-electron chi connectivity index (χ4n) is 0.855. The van der Waals surface area contributed by atoms with Crippen LogP contribution in [0.2, 0.25) is 0 Å². The number of hydrogen-bond donors (Lipinski definition) is 4. The fraction of sp³-hybridized carbons (Fsp3) is 0.286. The summed E-state index contributed by atoms with van der Waals surface area (Å²) in [4.78, 5) is 11.8. The van der Waals surface area contributed by atoms with Crippen molar-refractivity contribution in [3.8, 4) is 0 Å². The lowest BCUT2D eigenvalue weighted by molar-refractivity contribution is -0.801. The van der Waals surface area contributed by atoms with Gasteiger partial charge in [0.25, 0.3) is 0 Å². The van der Waals surface area contributed by atoms with Gasteiger partial charge in [-0.05, 0) is 12.2 Å². The molecule has 0 atom stereocenters. The summed E-state index contributed by atoms with van der Waals surface area (Å²) in [5.74, 6) is 0. The minimum atomic E-state index is -3.51. The van der Waals surface area contributed by atoms with Crippen LogP contribution in [0.15, 0.2) is 25.3 Å². The summed E-state index contributed by atoms with van der Waals surface area (Å²) in [6.45, 7) is 7.76. The molecule has 6 N–H and O–H groups in total. The largest absolute Gasteiger partial charge is 0.422 e. The van der Waals surface area contributed by atoms with E-state index >= 15 is 0 Å². The first-order valence-corrected chi connectivity index (χ1v) is 5.81. The van der Waals surface area contributed by atoms with Gasteiger partial charge in [-0.3, -0.25) is 15.6 Å². The van der Waals surface area contributed by atoms with Crippen molar-refractivity contribution in [2.75, 3.05) is 13.1 Å². The number of amides is 2. The van der Waals surface area contributed by atoms with Crippen LogP contribution in [0.5, 0.6) is 0 Å². The Morgan fingerprint density at radius 3 is 2.07 bits per heavy atom. The van der Waals surface area contributed by atoms with Crippen LogP contribution in [0, 0.1) is 0 Å². The number of urea groups is 1. The van der Waals surface area contributed by atoms with E-state index in [2.05, 4.69) is 13.2 Å². The van der Waals surface area contributed by atoms with Gasteiger partial charge in [-0.1, -0.05) is 13.2 Å². The summed E-state index contributed by atoms with van der Waals surface area (Å²) in [6, 6.07) is -0.516. The lowest BCUT2D eigenvalue weighted by Crippen LogP contribution is -3.15. The highest BCUT2D eigenvalue weighted by molar-refractivity contribution is 7.57. The second kappa shape index (κ2) is 5.72. The van der Waals surface area contributed by atoms with E-state index in [0.29, 0.717) is 18.0 Å². The second-order valence-corrected chi connectivity index (χ2v) is 4.38. The monoisotopic (exact) mass is 219 g/mol. The van der Waals surface area contributed by atoms with Gasteiger partial charge in [0.1, 0.15) is 13.1 Å². The molecule has 0 heterocycles. The molecule has 6 nitrogen and oxygen atoms in total. The first-order valence-electron chi connectivity index (χ1n) is 3.97. The van der Waals surface area contributed by atoms with Crippen molar-refractivity contribution in [2.24, 2.45) is 11.0 Å². The fourth-order valence-corrected chi connectivity index (χ4v) is 1.33. The van der Waals surface area contributed by atoms with Crippen molar-refractivity contribution in [1.29, 1.82) is 0 Å². The van der Waals surface area contributed by atoms with E-state index in [4.69, 9.17) is 11.0 Å². The molecule has 0 aromatic rings. The van der Waals surface area contributed by atoms with Crippen LogP contribution in [0.1, 0.15) is 0 Å². The minimum Gasteiger partial charge on any atom is -0.264 e. The van der Waals surface area contributed by atoms with E-state index in [-0.39, 0.29) is 0 Å². The molecule has 0 saturated carbocycles. The molecule has 7 heteroatoms. The van der Waals surface area contributed by atoms with Crippen LogP contribution < -0.4 is 21.0 Å². The maximum atomic E-state index is 11.4. The first-order chi connectivity index (χ1) is 6.40. The Labute approximate surface area is 83.2 Å². The number of rotatable bonds is 5. The summed E-state index contributed by atoms with van der Waals surface area (Å²) >= 11 is 0. The molecule has 0 radical (unpaired) electrons. The average Bonchev–Trinajstić information content (AvgIpc) is 2.01. The summed E-state index contributed by atoms with van der Waals surface area (Å²) in [7, 11) is -3.51. The zero-order valence-corrected chi connectivity index (χ0v) is 8.80. The average molecular weight is 219 g/mol. The second-order valence-electron chi connectivity index (χ2n) is 2.74. The first kappa shape index (κ1) is 13.1. The Hall–Kier alpha value is -0.940. The maximum Gasteiger partial charge on any atom is 0.422 e. The SMILES string of the molecule is C=CC[NH+](CC=C)C(=O)NP(N)(N)=O. The Morgan fingerprint density at radius 1 is 1.36 bits per heavy atom. The molecular weight excluding hydrogens is 203 g/mol. The predicted octanol–water partition coefficient (Wildman–Crippen LogP) is -1.02. The van der Waals surface area contributed by atoms with Gasteiger partial charge >= 0.3 is 13.6 Å². The highest BCUT2D eigenvalue weighted by Crippen LogP contribution is 2.15. The third-order valence-corrected chi connectivity index (χ3v) is 1.93. The Morgan fingerprint density at radius 2 is 1.79 bits per heavy atom. The molecule has 0 aliphatic rings. The molecule has 0 aromatic heterocycles. The van der Waals surface area contributed by atoms with Gasteiger partial charge in [-0.25, -0.2) is 14.8 Å². The quantitative estimate of drug-likeness (QED) is 0.351. The van der Waals surface area contributed by atoms with Crippen molar-refractivity contribution < 1.29 is 14.3 Å². The zero-order chi connectivity index (χ0) is 11.2. The van der Waals surface area contributed by atoms with Crippen LogP contribution in [0.3, 0.4) is 0 Å². The molecule has 0 bridgehead atoms.